The number of halogens is 3. The first kappa shape index (κ1) is 20.7. The van der Waals surface area contributed by atoms with Crippen molar-refractivity contribution in [1.29, 1.82) is 0 Å². The van der Waals surface area contributed by atoms with Gasteiger partial charge in [-0.15, -0.1) is 0 Å². The highest BCUT2D eigenvalue weighted by molar-refractivity contribution is 5.95. The SMILES string of the molecule is O=C(OCc1cccc(C(F)(F)F)c1)C1Cc2ccccc2CN1C(=O)c1ccco1. The fraction of sp³-hybridized carbons (Fsp3) is 0.217. The number of esters is 1. The fourth-order valence-electron chi connectivity index (χ4n) is 3.58. The minimum absolute atomic E-state index is 0.0926. The summed E-state index contributed by atoms with van der Waals surface area (Å²) in [5.41, 5.74) is 1.21. The summed E-state index contributed by atoms with van der Waals surface area (Å²) in [5.74, 6) is -1.05. The molecule has 4 rings (SSSR count). The molecule has 0 saturated heterocycles. The molecule has 0 radical (unpaired) electrons. The van der Waals surface area contributed by atoms with Crippen molar-refractivity contribution in [2.24, 2.45) is 0 Å². The second-order valence-electron chi connectivity index (χ2n) is 7.20. The summed E-state index contributed by atoms with van der Waals surface area (Å²) in [7, 11) is 0. The van der Waals surface area contributed by atoms with E-state index in [4.69, 9.17) is 9.15 Å². The molecule has 0 N–H and O–H groups in total. The van der Waals surface area contributed by atoms with E-state index in [1.165, 1.54) is 29.4 Å². The van der Waals surface area contributed by atoms with Crippen LogP contribution >= 0.6 is 0 Å². The Kier molecular flexibility index (Phi) is 5.54. The van der Waals surface area contributed by atoms with Crippen LogP contribution in [0.3, 0.4) is 0 Å². The van der Waals surface area contributed by atoms with E-state index < -0.39 is 29.7 Å². The van der Waals surface area contributed by atoms with Gasteiger partial charge in [0.15, 0.2) is 5.76 Å². The molecule has 160 valence electrons. The Balaban J connectivity index is 1.54. The molecule has 1 aromatic heterocycles. The predicted octanol–water partition coefficient (Wildman–Crippen LogP) is 4.61. The molecule has 0 bridgehead atoms. The zero-order valence-corrected chi connectivity index (χ0v) is 16.3. The van der Waals surface area contributed by atoms with E-state index in [0.717, 1.165) is 23.3 Å². The first-order valence-corrected chi connectivity index (χ1v) is 9.57. The van der Waals surface area contributed by atoms with Gasteiger partial charge in [0.1, 0.15) is 12.6 Å². The largest absolute Gasteiger partial charge is 0.459 e. The van der Waals surface area contributed by atoms with Crippen LogP contribution in [0.2, 0.25) is 0 Å². The molecule has 8 heteroatoms. The van der Waals surface area contributed by atoms with Gasteiger partial charge in [-0.2, -0.15) is 13.2 Å². The molecule has 1 unspecified atom stereocenters. The Labute approximate surface area is 176 Å². The van der Waals surface area contributed by atoms with Crippen LogP contribution in [-0.2, 0) is 35.3 Å². The molecule has 3 aromatic rings. The number of furan rings is 1. The molecular weight excluding hydrogens is 411 g/mol. The van der Waals surface area contributed by atoms with Crippen molar-refractivity contribution < 1.29 is 31.9 Å². The molecule has 0 spiro atoms. The summed E-state index contributed by atoms with van der Waals surface area (Å²) in [5, 5.41) is 0. The van der Waals surface area contributed by atoms with Crippen molar-refractivity contribution in [2.75, 3.05) is 0 Å². The van der Waals surface area contributed by atoms with E-state index in [9.17, 15) is 22.8 Å². The number of carbonyl (C=O) groups excluding carboxylic acids is 2. The number of benzene rings is 2. The lowest BCUT2D eigenvalue weighted by Crippen LogP contribution is -2.49. The number of amides is 1. The maximum absolute atomic E-state index is 12.9. The summed E-state index contributed by atoms with van der Waals surface area (Å²) in [6.07, 6.45) is -2.88. The fourth-order valence-corrected chi connectivity index (χ4v) is 3.58. The van der Waals surface area contributed by atoms with Crippen molar-refractivity contribution in [1.82, 2.24) is 4.90 Å². The van der Waals surface area contributed by atoms with E-state index in [1.807, 2.05) is 24.3 Å². The van der Waals surface area contributed by atoms with Crippen molar-refractivity contribution in [3.8, 4) is 0 Å². The van der Waals surface area contributed by atoms with Gasteiger partial charge < -0.3 is 14.1 Å². The summed E-state index contributed by atoms with van der Waals surface area (Å²) in [4.78, 5) is 27.2. The molecule has 1 aliphatic heterocycles. The van der Waals surface area contributed by atoms with Gasteiger partial charge in [-0.3, -0.25) is 4.79 Å². The van der Waals surface area contributed by atoms with Gasteiger partial charge in [-0.05, 0) is 41.0 Å². The molecule has 5 nitrogen and oxygen atoms in total. The highest BCUT2D eigenvalue weighted by atomic mass is 19.4. The Morgan fingerprint density at radius 3 is 2.52 bits per heavy atom. The average Bonchev–Trinajstić information content (AvgIpc) is 3.30. The molecule has 1 aliphatic rings. The maximum Gasteiger partial charge on any atom is 0.416 e. The molecule has 31 heavy (non-hydrogen) atoms. The number of nitrogens with zero attached hydrogens (tertiary/aromatic N) is 1. The van der Waals surface area contributed by atoms with Gasteiger partial charge in [0.2, 0.25) is 0 Å². The van der Waals surface area contributed by atoms with Crippen molar-refractivity contribution in [3.05, 3.63) is 94.9 Å². The average molecular weight is 429 g/mol. The quantitative estimate of drug-likeness (QED) is 0.569. The number of rotatable bonds is 4. The van der Waals surface area contributed by atoms with E-state index in [2.05, 4.69) is 0 Å². The van der Waals surface area contributed by atoms with Crippen LogP contribution in [0.4, 0.5) is 13.2 Å². The zero-order chi connectivity index (χ0) is 22.0. The van der Waals surface area contributed by atoms with Crippen molar-refractivity contribution in [3.63, 3.8) is 0 Å². The van der Waals surface area contributed by atoms with Gasteiger partial charge >= 0.3 is 12.1 Å². The predicted molar refractivity (Wildman–Crippen MR) is 104 cm³/mol. The van der Waals surface area contributed by atoms with Gasteiger partial charge in [0.25, 0.3) is 5.91 Å². The molecule has 1 atom stereocenters. The van der Waals surface area contributed by atoms with Gasteiger partial charge in [0.05, 0.1) is 11.8 Å². The lowest BCUT2D eigenvalue weighted by atomic mass is 9.93. The molecule has 0 aliphatic carbocycles. The minimum atomic E-state index is -4.49. The van der Waals surface area contributed by atoms with Crippen LogP contribution in [0.5, 0.6) is 0 Å². The Morgan fingerprint density at radius 2 is 1.81 bits per heavy atom. The first-order chi connectivity index (χ1) is 14.8. The number of fused-ring (bicyclic) bond motifs is 1. The normalized spacial score (nSPS) is 16.0. The summed E-state index contributed by atoms with van der Waals surface area (Å²) >= 11 is 0. The highest BCUT2D eigenvalue weighted by Crippen LogP contribution is 2.30. The monoisotopic (exact) mass is 429 g/mol. The lowest BCUT2D eigenvalue weighted by Gasteiger charge is -2.34. The zero-order valence-electron chi connectivity index (χ0n) is 16.3. The third kappa shape index (κ3) is 4.47. The first-order valence-electron chi connectivity index (χ1n) is 9.57. The van der Waals surface area contributed by atoms with Gasteiger partial charge in [0, 0.05) is 13.0 Å². The Hall–Kier alpha value is -3.55. The van der Waals surface area contributed by atoms with Crippen LogP contribution in [0.15, 0.2) is 71.3 Å². The highest BCUT2D eigenvalue weighted by Gasteiger charge is 2.37. The van der Waals surface area contributed by atoms with Crippen LogP contribution in [0.25, 0.3) is 0 Å². The number of alkyl halides is 3. The second-order valence-corrected chi connectivity index (χ2v) is 7.20. The van der Waals surface area contributed by atoms with Gasteiger partial charge in [-0.25, -0.2) is 4.79 Å². The summed E-state index contributed by atoms with van der Waals surface area (Å²) < 4.78 is 49.2. The molecule has 2 aromatic carbocycles. The number of ether oxygens (including phenoxy) is 1. The van der Waals surface area contributed by atoms with Crippen LogP contribution < -0.4 is 0 Å². The van der Waals surface area contributed by atoms with E-state index >= 15 is 0 Å². The van der Waals surface area contributed by atoms with Crippen LogP contribution in [0, 0.1) is 0 Å². The summed E-state index contributed by atoms with van der Waals surface area (Å²) in [6, 6.07) is 14.2. The number of carbonyl (C=O) groups is 2. The standard InChI is InChI=1S/C23H18F3NO4/c24-23(25,26)18-8-3-5-15(11-18)14-31-22(29)19-12-16-6-1-2-7-17(16)13-27(19)21(28)20-9-4-10-30-20/h1-11,19H,12-14H2. The Bertz CT molecular complexity index is 1090. The minimum Gasteiger partial charge on any atom is -0.459 e. The van der Waals surface area contributed by atoms with E-state index in [1.54, 1.807) is 6.07 Å². The van der Waals surface area contributed by atoms with Crippen LogP contribution in [-0.4, -0.2) is 22.8 Å². The molecule has 0 fully saturated rings. The third-order valence-corrected chi connectivity index (χ3v) is 5.15. The maximum atomic E-state index is 12.9. The van der Waals surface area contributed by atoms with Crippen molar-refractivity contribution in [2.45, 2.75) is 31.8 Å². The topological polar surface area (TPSA) is 59.8 Å². The Morgan fingerprint density at radius 1 is 1.03 bits per heavy atom. The summed E-state index contributed by atoms with van der Waals surface area (Å²) in [6.45, 7) is -0.136. The second kappa shape index (κ2) is 8.29. The smallest absolute Gasteiger partial charge is 0.416 e. The third-order valence-electron chi connectivity index (χ3n) is 5.15. The van der Waals surface area contributed by atoms with E-state index in [0.29, 0.717) is 0 Å². The van der Waals surface area contributed by atoms with Crippen molar-refractivity contribution >= 4 is 11.9 Å². The van der Waals surface area contributed by atoms with E-state index in [-0.39, 0.29) is 30.9 Å². The van der Waals surface area contributed by atoms with Gasteiger partial charge in [-0.1, -0.05) is 36.4 Å². The molecule has 2 heterocycles. The molecule has 1 amide bonds. The number of hydrogen-bond acceptors (Lipinski definition) is 4. The molecule has 0 saturated carbocycles. The lowest BCUT2D eigenvalue weighted by molar-refractivity contribution is -0.151. The van der Waals surface area contributed by atoms with Crippen LogP contribution in [0.1, 0.15) is 32.8 Å². The number of hydrogen-bond donors (Lipinski definition) is 0. The molecular formula is C23H18F3NO4.